The van der Waals surface area contributed by atoms with Crippen LogP contribution in [0.15, 0.2) is 66.7 Å². The van der Waals surface area contributed by atoms with Gasteiger partial charge in [0.1, 0.15) is 12.6 Å². The third-order valence-electron chi connectivity index (χ3n) is 7.15. The largest absolute Gasteiger partial charge is 0.352 e. The molecule has 0 spiro atoms. The molecular weight excluding hydrogens is 640 g/mol. The summed E-state index contributed by atoms with van der Waals surface area (Å²) in [4.78, 5) is 29.5. The smallest absolute Gasteiger partial charge is 0.244 e. The molecule has 0 radical (unpaired) electrons. The lowest BCUT2D eigenvalue weighted by Crippen LogP contribution is -2.54. The Labute approximate surface area is 266 Å². The Kier molecular flexibility index (Phi) is 11.1. The minimum Gasteiger partial charge on any atom is -0.352 e. The van der Waals surface area contributed by atoms with E-state index in [1.54, 1.807) is 24.3 Å². The van der Waals surface area contributed by atoms with E-state index in [1.807, 2.05) is 30.3 Å². The summed E-state index contributed by atoms with van der Waals surface area (Å²) in [6.07, 6.45) is 4.96. The first kappa shape index (κ1) is 32.4. The number of sulfonamides is 1. The molecule has 0 aliphatic heterocycles. The molecule has 0 bridgehead atoms. The topological polar surface area (TPSA) is 86.8 Å². The van der Waals surface area contributed by atoms with Crippen molar-refractivity contribution in [3.8, 4) is 0 Å². The first-order valence-electron chi connectivity index (χ1n) is 13.4. The van der Waals surface area contributed by atoms with Gasteiger partial charge in [-0.3, -0.25) is 13.9 Å². The quantitative estimate of drug-likeness (QED) is 0.228. The summed E-state index contributed by atoms with van der Waals surface area (Å²) in [6.45, 7) is -0.610. The molecule has 1 fully saturated rings. The second-order valence-electron chi connectivity index (χ2n) is 10.3. The van der Waals surface area contributed by atoms with Crippen LogP contribution in [0.5, 0.6) is 0 Å². The van der Waals surface area contributed by atoms with Crippen LogP contribution in [0, 0.1) is 0 Å². The van der Waals surface area contributed by atoms with Crippen molar-refractivity contribution < 1.29 is 18.0 Å². The van der Waals surface area contributed by atoms with Crippen molar-refractivity contribution in [1.82, 2.24) is 10.2 Å². The Balaban J connectivity index is 1.75. The summed E-state index contributed by atoms with van der Waals surface area (Å²) >= 11 is 24.9. The van der Waals surface area contributed by atoms with Crippen molar-refractivity contribution in [3.63, 3.8) is 0 Å². The lowest BCUT2D eigenvalue weighted by atomic mass is 10.0. The number of carbonyl (C=O) groups excluding carboxylic acids is 2. The molecule has 0 unspecified atom stereocenters. The summed E-state index contributed by atoms with van der Waals surface area (Å²) in [5.41, 5.74) is 1.53. The molecule has 3 aromatic rings. The Bertz CT molecular complexity index is 1530. The summed E-state index contributed by atoms with van der Waals surface area (Å²) < 4.78 is 26.9. The van der Waals surface area contributed by atoms with E-state index in [4.69, 9.17) is 46.4 Å². The van der Waals surface area contributed by atoms with Gasteiger partial charge in [0.05, 0.1) is 27.0 Å². The first-order chi connectivity index (χ1) is 19.9. The highest BCUT2D eigenvalue weighted by molar-refractivity contribution is 7.92. The second-order valence-corrected chi connectivity index (χ2v) is 13.9. The SMILES string of the molecule is CS(=O)(=O)N(CC(=O)N(Cc1cccc(Cl)c1)[C@@H](Cc1ccccc1)C(=O)NC1CCCC1)c1cc(Cl)c(Cl)cc1Cl. The van der Waals surface area contributed by atoms with Gasteiger partial charge < -0.3 is 10.2 Å². The van der Waals surface area contributed by atoms with Gasteiger partial charge in [-0.05, 0) is 48.2 Å². The van der Waals surface area contributed by atoms with Gasteiger partial charge in [-0.2, -0.15) is 0 Å². The van der Waals surface area contributed by atoms with Crippen molar-refractivity contribution in [1.29, 1.82) is 0 Å². The number of hydrogen-bond acceptors (Lipinski definition) is 4. The van der Waals surface area contributed by atoms with Gasteiger partial charge in [-0.15, -0.1) is 0 Å². The normalized spacial score (nSPS) is 14.4. The number of carbonyl (C=O) groups is 2. The molecule has 1 saturated carbocycles. The van der Waals surface area contributed by atoms with Crippen LogP contribution in [0.3, 0.4) is 0 Å². The number of nitrogens with zero attached hydrogens (tertiary/aromatic N) is 2. The van der Waals surface area contributed by atoms with Gasteiger partial charge in [-0.25, -0.2) is 8.42 Å². The van der Waals surface area contributed by atoms with E-state index in [1.165, 1.54) is 17.0 Å². The highest BCUT2D eigenvalue weighted by Crippen LogP contribution is 2.36. The first-order valence-corrected chi connectivity index (χ1v) is 16.8. The fourth-order valence-electron chi connectivity index (χ4n) is 5.05. The van der Waals surface area contributed by atoms with Crippen LogP contribution in [0.4, 0.5) is 5.69 Å². The van der Waals surface area contributed by atoms with Crippen LogP contribution < -0.4 is 9.62 Å². The fourth-order valence-corrected chi connectivity index (χ4v) is 6.81. The molecule has 224 valence electrons. The van der Waals surface area contributed by atoms with E-state index in [9.17, 15) is 18.0 Å². The van der Waals surface area contributed by atoms with Crippen molar-refractivity contribution in [2.24, 2.45) is 0 Å². The molecule has 2 amide bonds. The minimum atomic E-state index is -4.02. The maximum absolute atomic E-state index is 14.2. The number of benzene rings is 3. The monoisotopic (exact) mass is 669 g/mol. The van der Waals surface area contributed by atoms with Gasteiger partial charge in [0.2, 0.25) is 21.8 Å². The van der Waals surface area contributed by atoms with Crippen LogP contribution in [0.2, 0.25) is 20.1 Å². The molecule has 1 atom stereocenters. The van der Waals surface area contributed by atoms with Crippen molar-refractivity contribution in [3.05, 3.63) is 97.9 Å². The van der Waals surface area contributed by atoms with E-state index < -0.39 is 28.5 Å². The van der Waals surface area contributed by atoms with Gasteiger partial charge in [0, 0.05) is 24.0 Å². The molecule has 0 heterocycles. The van der Waals surface area contributed by atoms with Gasteiger partial charge in [0.15, 0.2) is 0 Å². The van der Waals surface area contributed by atoms with Crippen molar-refractivity contribution in [2.45, 2.75) is 50.7 Å². The molecule has 12 heteroatoms. The van der Waals surface area contributed by atoms with Crippen LogP contribution in [0.1, 0.15) is 36.8 Å². The summed E-state index contributed by atoms with van der Waals surface area (Å²) in [7, 11) is -4.02. The number of hydrogen-bond donors (Lipinski definition) is 1. The fraction of sp³-hybridized carbons (Fsp3) is 0.333. The summed E-state index contributed by atoms with van der Waals surface area (Å²) in [5, 5.41) is 3.81. The number of amides is 2. The summed E-state index contributed by atoms with van der Waals surface area (Å²) in [6, 6.07) is 18.0. The van der Waals surface area contributed by atoms with E-state index in [0.29, 0.717) is 10.6 Å². The highest BCUT2D eigenvalue weighted by Gasteiger charge is 2.34. The van der Waals surface area contributed by atoms with E-state index in [2.05, 4.69) is 5.32 Å². The second kappa shape index (κ2) is 14.3. The molecule has 0 aromatic heterocycles. The maximum atomic E-state index is 14.2. The molecule has 1 aliphatic rings. The van der Waals surface area contributed by atoms with Crippen molar-refractivity contribution in [2.75, 3.05) is 17.1 Å². The third kappa shape index (κ3) is 8.54. The van der Waals surface area contributed by atoms with Gasteiger partial charge in [-0.1, -0.05) is 102 Å². The van der Waals surface area contributed by atoms with E-state index in [0.717, 1.165) is 41.8 Å². The Morgan fingerprint density at radius 1 is 0.881 bits per heavy atom. The molecule has 42 heavy (non-hydrogen) atoms. The molecule has 1 N–H and O–H groups in total. The van der Waals surface area contributed by atoms with Gasteiger partial charge >= 0.3 is 0 Å². The number of anilines is 1. The number of halogens is 4. The third-order valence-corrected chi connectivity index (χ3v) is 9.54. The average molecular weight is 671 g/mol. The zero-order valence-electron chi connectivity index (χ0n) is 22.9. The Morgan fingerprint density at radius 2 is 1.52 bits per heavy atom. The molecule has 0 saturated heterocycles. The molecular formula is C30H31Cl4N3O4S. The molecule has 1 aliphatic carbocycles. The van der Waals surface area contributed by atoms with Crippen LogP contribution >= 0.6 is 46.4 Å². The zero-order chi connectivity index (χ0) is 30.4. The van der Waals surface area contributed by atoms with E-state index >= 15 is 0 Å². The summed E-state index contributed by atoms with van der Waals surface area (Å²) in [5.74, 6) is -0.912. The zero-order valence-corrected chi connectivity index (χ0v) is 26.7. The predicted molar refractivity (Wildman–Crippen MR) is 170 cm³/mol. The average Bonchev–Trinajstić information content (AvgIpc) is 3.44. The van der Waals surface area contributed by atoms with Crippen molar-refractivity contribution >= 4 is 73.9 Å². The van der Waals surface area contributed by atoms with Crippen LogP contribution in [-0.2, 0) is 32.6 Å². The molecule has 4 rings (SSSR count). The van der Waals surface area contributed by atoms with Crippen LogP contribution in [-0.4, -0.2) is 50.0 Å². The minimum absolute atomic E-state index is 0.000334. The van der Waals surface area contributed by atoms with Gasteiger partial charge in [0.25, 0.3) is 0 Å². The highest BCUT2D eigenvalue weighted by atomic mass is 35.5. The lowest BCUT2D eigenvalue weighted by Gasteiger charge is -2.34. The number of rotatable bonds is 11. The lowest BCUT2D eigenvalue weighted by molar-refractivity contribution is -0.140. The maximum Gasteiger partial charge on any atom is 0.244 e. The standard InChI is InChI=1S/C30H31Cl4N3O4S/c1-42(40,41)37(27-17-25(33)24(32)16-26(27)34)19-29(38)36(18-21-10-7-11-22(31)14-21)28(15-20-8-3-2-4-9-20)30(39)35-23-12-5-6-13-23/h2-4,7-11,14,16-17,23,28H,5-6,12-13,15,18-19H2,1H3,(H,35,39)/t28-/m0/s1. The molecule has 7 nitrogen and oxygen atoms in total. The van der Waals surface area contributed by atoms with E-state index in [-0.39, 0.29) is 45.7 Å². The Morgan fingerprint density at radius 3 is 2.17 bits per heavy atom. The Hall–Kier alpha value is -2.49. The van der Waals surface area contributed by atoms with Crippen LogP contribution in [0.25, 0.3) is 0 Å². The number of nitrogens with one attached hydrogen (secondary N) is 1. The molecule has 3 aromatic carbocycles. The predicted octanol–water partition coefficient (Wildman–Crippen LogP) is 6.77.